The van der Waals surface area contributed by atoms with E-state index in [0.717, 1.165) is 0 Å². The number of nitrogens with one attached hydrogen (secondary N) is 1. The summed E-state index contributed by atoms with van der Waals surface area (Å²) in [7, 11) is 0. The van der Waals surface area contributed by atoms with Crippen molar-refractivity contribution in [2.24, 2.45) is 10.8 Å². The molecular weight excluding hydrogens is 292 g/mol. The molecule has 0 radical (unpaired) electrons. The van der Waals surface area contributed by atoms with Gasteiger partial charge in [0.2, 0.25) is 0 Å². The minimum absolute atomic E-state index is 0.0150. The lowest BCUT2D eigenvalue weighted by atomic mass is 10.1. The number of benzene rings is 1. The molecular formula is C10H7F6N3O. The van der Waals surface area contributed by atoms with Gasteiger partial charge in [0, 0.05) is 0 Å². The summed E-state index contributed by atoms with van der Waals surface area (Å²) in [5, 5.41) is 3.10. The van der Waals surface area contributed by atoms with E-state index >= 15 is 0 Å². The Labute approximate surface area is 108 Å². The number of rotatable bonds is 2. The maximum Gasteiger partial charge on any atom is 0.416 e. The molecule has 3 N–H and O–H groups in total. The van der Waals surface area contributed by atoms with Crippen LogP contribution in [0.15, 0.2) is 23.3 Å². The Bertz CT molecular complexity index is 503. The van der Waals surface area contributed by atoms with E-state index in [1.54, 1.807) is 5.43 Å². The minimum Gasteiger partial charge on any atom is -0.350 e. The van der Waals surface area contributed by atoms with E-state index in [0.29, 0.717) is 18.3 Å². The van der Waals surface area contributed by atoms with E-state index in [-0.39, 0.29) is 6.07 Å². The van der Waals surface area contributed by atoms with Crippen LogP contribution in [-0.2, 0) is 12.4 Å². The highest BCUT2D eigenvalue weighted by Gasteiger charge is 2.36. The molecule has 0 heterocycles. The van der Waals surface area contributed by atoms with Crippen LogP contribution in [0.5, 0.6) is 0 Å². The lowest BCUT2D eigenvalue weighted by molar-refractivity contribution is -0.143. The van der Waals surface area contributed by atoms with E-state index in [1.807, 2.05) is 0 Å². The van der Waals surface area contributed by atoms with Gasteiger partial charge in [0.1, 0.15) is 0 Å². The monoisotopic (exact) mass is 299 g/mol. The Kier molecular flexibility index (Phi) is 4.26. The van der Waals surface area contributed by atoms with Gasteiger partial charge in [-0.1, -0.05) is 0 Å². The smallest absolute Gasteiger partial charge is 0.350 e. The topological polar surface area (TPSA) is 67.5 Å². The fourth-order valence-corrected chi connectivity index (χ4v) is 1.22. The predicted molar refractivity (Wildman–Crippen MR) is 56.8 cm³/mol. The van der Waals surface area contributed by atoms with Gasteiger partial charge in [0.05, 0.1) is 17.3 Å². The molecule has 0 aliphatic rings. The number of halogens is 6. The van der Waals surface area contributed by atoms with Crippen LogP contribution in [0.25, 0.3) is 0 Å². The van der Waals surface area contributed by atoms with Crippen molar-refractivity contribution in [1.29, 1.82) is 0 Å². The van der Waals surface area contributed by atoms with Crippen LogP contribution in [0.2, 0.25) is 0 Å². The number of urea groups is 1. The Balaban J connectivity index is 3.24. The van der Waals surface area contributed by atoms with E-state index < -0.39 is 35.1 Å². The predicted octanol–water partition coefficient (Wildman–Crippen LogP) is 2.73. The first kappa shape index (κ1) is 15.8. The van der Waals surface area contributed by atoms with Crippen molar-refractivity contribution in [1.82, 2.24) is 5.43 Å². The summed E-state index contributed by atoms with van der Waals surface area (Å²) in [4.78, 5) is 10.3. The molecule has 0 saturated heterocycles. The van der Waals surface area contributed by atoms with Gasteiger partial charge in [-0.3, -0.25) is 0 Å². The van der Waals surface area contributed by atoms with Crippen LogP contribution in [-0.4, -0.2) is 12.2 Å². The number of carbonyl (C=O) groups is 1. The number of hydrogen-bond donors (Lipinski definition) is 2. The fourth-order valence-electron chi connectivity index (χ4n) is 1.22. The highest BCUT2D eigenvalue weighted by molar-refractivity contribution is 5.82. The second-order valence-corrected chi connectivity index (χ2v) is 3.57. The highest BCUT2D eigenvalue weighted by Crippen LogP contribution is 2.35. The van der Waals surface area contributed by atoms with Crippen LogP contribution >= 0.6 is 0 Å². The van der Waals surface area contributed by atoms with Crippen molar-refractivity contribution in [2.45, 2.75) is 12.4 Å². The van der Waals surface area contributed by atoms with E-state index in [9.17, 15) is 31.1 Å². The van der Waals surface area contributed by atoms with Gasteiger partial charge in [-0.05, 0) is 23.8 Å². The molecule has 0 aromatic heterocycles. The quantitative estimate of drug-likeness (QED) is 0.492. The van der Waals surface area contributed by atoms with Gasteiger partial charge < -0.3 is 5.73 Å². The molecule has 0 bridgehead atoms. The molecule has 0 atom stereocenters. The van der Waals surface area contributed by atoms with Gasteiger partial charge in [-0.25, -0.2) is 10.2 Å². The zero-order valence-electron chi connectivity index (χ0n) is 9.51. The molecule has 2 amide bonds. The number of hydrazone groups is 1. The summed E-state index contributed by atoms with van der Waals surface area (Å²) in [6.07, 6.45) is -9.27. The maximum atomic E-state index is 12.5. The number of alkyl halides is 6. The molecule has 0 fully saturated rings. The van der Waals surface area contributed by atoms with Gasteiger partial charge in [-0.2, -0.15) is 31.4 Å². The summed E-state index contributed by atoms with van der Waals surface area (Å²) in [5.74, 6) is 0. The second-order valence-electron chi connectivity index (χ2n) is 3.57. The lowest BCUT2D eigenvalue weighted by Crippen LogP contribution is -2.24. The first-order valence-electron chi connectivity index (χ1n) is 4.88. The number of primary amides is 1. The number of amides is 2. The van der Waals surface area contributed by atoms with Gasteiger partial charge in [-0.15, -0.1) is 0 Å². The standard InChI is InChI=1S/C10H7F6N3O/c11-9(12,13)6-1-5(4-18-19-8(17)20)2-7(3-6)10(14,15)16/h1-4H,(H3,17,19,20)/b18-4-. The second kappa shape index (κ2) is 5.39. The van der Waals surface area contributed by atoms with Gasteiger partial charge >= 0.3 is 18.4 Å². The Morgan fingerprint density at radius 3 is 1.85 bits per heavy atom. The maximum absolute atomic E-state index is 12.5. The number of hydrogen-bond acceptors (Lipinski definition) is 2. The number of nitrogens with two attached hydrogens (primary N) is 1. The molecule has 1 aromatic carbocycles. The molecule has 110 valence electrons. The molecule has 0 spiro atoms. The van der Waals surface area contributed by atoms with Crippen LogP contribution in [0.4, 0.5) is 31.1 Å². The van der Waals surface area contributed by atoms with Crippen molar-refractivity contribution < 1.29 is 31.1 Å². The molecule has 0 aliphatic heterocycles. The Hall–Kier alpha value is -2.26. The summed E-state index contributed by atoms with van der Waals surface area (Å²) >= 11 is 0. The first-order valence-corrected chi connectivity index (χ1v) is 4.88. The fraction of sp³-hybridized carbons (Fsp3) is 0.200. The third kappa shape index (κ3) is 4.44. The third-order valence-electron chi connectivity index (χ3n) is 2.00. The Morgan fingerprint density at radius 2 is 1.50 bits per heavy atom. The van der Waals surface area contributed by atoms with Crippen molar-refractivity contribution in [3.63, 3.8) is 0 Å². The van der Waals surface area contributed by atoms with Crippen molar-refractivity contribution >= 4 is 12.2 Å². The zero-order chi connectivity index (χ0) is 15.6. The van der Waals surface area contributed by atoms with Crippen LogP contribution in [0, 0.1) is 0 Å². The zero-order valence-corrected chi connectivity index (χ0v) is 9.51. The molecule has 1 rings (SSSR count). The van der Waals surface area contributed by atoms with E-state index in [4.69, 9.17) is 0 Å². The normalized spacial score (nSPS) is 12.7. The van der Waals surface area contributed by atoms with Crippen molar-refractivity contribution in [2.75, 3.05) is 0 Å². The highest BCUT2D eigenvalue weighted by atomic mass is 19.4. The summed E-state index contributed by atoms with van der Waals surface area (Å²) in [6.45, 7) is 0. The average Bonchev–Trinajstić information content (AvgIpc) is 2.25. The first-order chi connectivity index (χ1) is 9.00. The lowest BCUT2D eigenvalue weighted by Gasteiger charge is -2.12. The molecule has 4 nitrogen and oxygen atoms in total. The van der Waals surface area contributed by atoms with E-state index in [1.165, 1.54) is 0 Å². The molecule has 10 heteroatoms. The number of carbonyl (C=O) groups excluding carboxylic acids is 1. The van der Waals surface area contributed by atoms with Crippen LogP contribution < -0.4 is 11.2 Å². The molecule has 0 saturated carbocycles. The van der Waals surface area contributed by atoms with E-state index in [2.05, 4.69) is 10.8 Å². The molecule has 0 unspecified atom stereocenters. The summed E-state index contributed by atoms with van der Waals surface area (Å²) < 4.78 is 74.9. The van der Waals surface area contributed by atoms with Gasteiger partial charge in [0.15, 0.2) is 0 Å². The number of nitrogens with zero attached hydrogens (tertiary/aromatic N) is 1. The summed E-state index contributed by atoms with van der Waals surface area (Å²) in [5.41, 5.74) is 2.84. The minimum atomic E-state index is -4.94. The van der Waals surface area contributed by atoms with Crippen molar-refractivity contribution in [3.8, 4) is 0 Å². The average molecular weight is 299 g/mol. The molecule has 20 heavy (non-hydrogen) atoms. The molecule has 0 aliphatic carbocycles. The molecule has 1 aromatic rings. The van der Waals surface area contributed by atoms with Gasteiger partial charge in [0.25, 0.3) is 0 Å². The van der Waals surface area contributed by atoms with Crippen molar-refractivity contribution in [3.05, 3.63) is 34.9 Å². The van der Waals surface area contributed by atoms with Crippen LogP contribution in [0.1, 0.15) is 16.7 Å². The largest absolute Gasteiger partial charge is 0.416 e. The Morgan fingerprint density at radius 1 is 1.05 bits per heavy atom. The SMILES string of the molecule is NC(=O)N/N=C\c1cc(C(F)(F)F)cc(C(F)(F)F)c1. The summed E-state index contributed by atoms with van der Waals surface area (Å²) in [6, 6.07) is -0.203. The third-order valence-corrected chi connectivity index (χ3v) is 2.00. The van der Waals surface area contributed by atoms with Crippen LogP contribution in [0.3, 0.4) is 0 Å².